The van der Waals surface area contributed by atoms with Gasteiger partial charge in [0.2, 0.25) is 0 Å². The van der Waals surface area contributed by atoms with E-state index < -0.39 is 0 Å². The molecule has 0 aliphatic carbocycles. The topological polar surface area (TPSA) is 12.5 Å². The molecule has 2 nitrogen and oxygen atoms in total. The first kappa shape index (κ1) is 7.56. The van der Waals surface area contributed by atoms with E-state index in [1.807, 2.05) is 0 Å². The van der Waals surface area contributed by atoms with Crippen LogP contribution < -0.4 is 0 Å². The first-order valence-electron chi connectivity index (χ1n) is 4.56. The molecule has 2 fully saturated rings. The molecule has 0 amide bonds. The molecule has 0 aromatic heterocycles. The molecule has 0 N–H and O–H groups in total. The second kappa shape index (κ2) is 2.46. The zero-order valence-corrected chi connectivity index (χ0v) is 7.47. The van der Waals surface area contributed by atoms with Crippen LogP contribution in [0.2, 0.25) is 0 Å². The Kier molecular flexibility index (Phi) is 1.69. The molecule has 2 atom stereocenters. The van der Waals surface area contributed by atoms with Crippen molar-refractivity contribution in [2.45, 2.75) is 37.8 Å². The van der Waals surface area contributed by atoms with Gasteiger partial charge in [-0.2, -0.15) is 0 Å². The average Bonchev–Trinajstić information content (AvgIpc) is 1.92. The molecule has 2 saturated heterocycles. The highest BCUT2D eigenvalue weighted by Crippen LogP contribution is 2.38. The molecule has 1 unspecified atom stereocenters. The highest BCUT2D eigenvalue weighted by Gasteiger charge is 2.42. The van der Waals surface area contributed by atoms with Gasteiger partial charge >= 0.3 is 0 Å². The second-order valence-corrected chi connectivity index (χ2v) is 4.07. The summed E-state index contributed by atoms with van der Waals surface area (Å²) in [6, 6.07) is 0.712. The number of rotatable bonds is 0. The van der Waals surface area contributed by atoms with Gasteiger partial charge in [0.1, 0.15) is 0 Å². The molecule has 0 radical (unpaired) electrons. The molecular formula is C9H17NO. The van der Waals surface area contributed by atoms with Crippen LogP contribution >= 0.6 is 0 Å². The van der Waals surface area contributed by atoms with Crippen LogP contribution in [0.1, 0.15) is 26.2 Å². The number of ether oxygens (including phenoxy) is 1. The zero-order chi connectivity index (χ0) is 7.90. The summed E-state index contributed by atoms with van der Waals surface area (Å²) in [5.41, 5.74) is 0.311. The Labute approximate surface area is 68.5 Å². The molecule has 2 heterocycles. The maximum atomic E-state index is 5.65. The van der Waals surface area contributed by atoms with Crippen molar-refractivity contribution in [1.82, 2.24) is 4.90 Å². The first-order valence-corrected chi connectivity index (χ1v) is 4.56. The monoisotopic (exact) mass is 155 g/mol. The smallest absolute Gasteiger partial charge is 0.0731 e. The normalized spacial score (nSPS) is 45.8. The third-order valence-electron chi connectivity index (χ3n) is 3.31. The summed E-state index contributed by atoms with van der Waals surface area (Å²) in [6.45, 7) is 4.50. The van der Waals surface area contributed by atoms with Crippen molar-refractivity contribution in [3.8, 4) is 0 Å². The molecule has 11 heavy (non-hydrogen) atoms. The van der Waals surface area contributed by atoms with Crippen LogP contribution in [0.3, 0.4) is 0 Å². The Bertz CT molecular complexity index is 154. The fourth-order valence-electron chi connectivity index (χ4n) is 2.15. The maximum Gasteiger partial charge on any atom is 0.0731 e. The van der Waals surface area contributed by atoms with Crippen LogP contribution in [-0.4, -0.2) is 36.7 Å². The minimum atomic E-state index is 0.311. The largest absolute Gasteiger partial charge is 0.375 e. The Balaban J connectivity index is 1.97. The SMILES string of the molecule is C[C@H]1CC2(CCO2)CCN1C. The van der Waals surface area contributed by atoms with E-state index in [0.717, 1.165) is 6.61 Å². The van der Waals surface area contributed by atoms with Gasteiger partial charge in [-0.15, -0.1) is 0 Å². The highest BCUT2D eigenvalue weighted by molar-refractivity contribution is 4.94. The van der Waals surface area contributed by atoms with Gasteiger partial charge in [0, 0.05) is 12.6 Å². The number of likely N-dealkylation sites (tertiary alicyclic amines) is 1. The second-order valence-electron chi connectivity index (χ2n) is 4.07. The molecule has 64 valence electrons. The Hall–Kier alpha value is -0.0800. The quantitative estimate of drug-likeness (QED) is 0.522. The number of nitrogens with zero attached hydrogens (tertiary/aromatic N) is 1. The van der Waals surface area contributed by atoms with E-state index >= 15 is 0 Å². The van der Waals surface area contributed by atoms with E-state index in [-0.39, 0.29) is 0 Å². The average molecular weight is 155 g/mol. The van der Waals surface area contributed by atoms with Gasteiger partial charge < -0.3 is 9.64 Å². The summed E-state index contributed by atoms with van der Waals surface area (Å²) in [5, 5.41) is 0. The molecule has 0 aromatic carbocycles. The summed E-state index contributed by atoms with van der Waals surface area (Å²) >= 11 is 0. The molecule has 2 aliphatic rings. The summed E-state index contributed by atoms with van der Waals surface area (Å²) in [7, 11) is 2.20. The standard InChI is InChI=1S/C9H17NO/c1-8-7-9(4-6-11-9)3-5-10(8)2/h8H,3-7H2,1-2H3/t8-,9?/m0/s1. The minimum Gasteiger partial charge on any atom is -0.375 e. The molecule has 1 spiro atoms. The van der Waals surface area contributed by atoms with E-state index in [1.54, 1.807) is 0 Å². The van der Waals surface area contributed by atoms with Crippen LogP contribution in [0.4, 0.5) is 0 Å². The van der Waals surface area contributed by atoms with Crippen LogP contribution in [0, 0.1) is 0 Å². The van der Waals surface area contributed by atoms with Crippen molar-refractivity contribution in [3.63, 3.8) is 0 Å². The molecule has 2 rings (SSSR count). The van der Waals surface area contributed by atoms with E-state index in [1.165, 1.54) is 25.8 Å². The lowest BCUT2D eigenvalue weighted by Gasteiger charge is -2.49. The van der Waals surface area contributed by atoms with Crippen LogP contribution in [0.5, 0.6) is 0 Å². The Morgan fingerprint density at radius 2 is 2.18 bits per heavy atom. The Morgan fingerprint density at radius 1 is 1.45 bits per heavy atom. The van der Waals surface area contributed by atoms with Gasteiger partial charge in [-0.3, -0.25) is 0 Å². The fraction of sp³-hybridized carbons (Fsp3) is 1.00. The molecule has 2 aliphatic heterocycles. The fourth-order valence-corrected chi connectivity index (χ4v) is 2.15. The zero-order valence-electron chi connectivity index (χ0n) is 7.47. The van der Waals surface area contributed by atoms with Gasteiger partial charge in [0.15, 0.2) is 0 Å². The predicted octanol–water partition coefficient (Wildman–Crippen LogP) is 1.26. The Morgan fingerprint density at radius 3 is 2.64 bits per heavy atom. The molecule has 2 heteroatoms. The highest BCUT2D eigenvalue weighted by atomic mass is 16.5. The number of hydrogen-bond acceptors (Lipinski definition) is 2. The van der Waals surface area contributed by atoms with Crippen molar-refractivity contribution in [2.75, 3.05) is 20.2 Å². The summed E-state index contributed by atoms with van der Waals surface area (Å²) in [5.74, 6) is 0. The van der Waals surface area contributed by atoms with Gasteiger partial charge in [0.05, 0.1) is 12.2 Å². The molecular weight excluding hydrogens is 138 g/mol. The lowest BCUT2D eigenvalue weighted by Crippen LogP contribution is -2.54. The van der Waals surface area contributed by atoms with Crippen molar-refractivity contribution >= 4 is 0 Å². The minimum absolute atomic E-state index is 0.311. The summed E-state index contributed by atoms with van der Waals surface area (Å²) < 4.78 is 5.65. The molecule has 0 bridgehead atoms. The summed E-state index contributed by atoms with van der Waals surface area (Å²) in [6.07, 6.45) is 3.78. The lowest BCUT2D eigenvalue weighted by atomic mass is 9.81. The van der Waals surface area contributed by atoms with Crippen molar-refractivity contribution < 1.29 is 4.74 Å². The third kappa shape index (κ3) is 1.18. The number of piperidine rings is 1. The predicted molar refractivity (Wildman–Crippen MR) is 44.6 cm³/mol. The maximum absolute atomic E-state index is 5.65. The van der Waals surface area contributed by atoms with E-state index in [2.05, 4.69) is 18.9 Å². The van der Waals surface area contributed by atoms with Crippen molar-refractivity contribution in [1.29, 1.82) is 0 Å². The van der Waals surface area contributed by atoms with Crippen LogP contribution in [0.15, 0.2) is 0 Å². The van der Waals surface area contributed by atoms with Gasteiger partial charge in [-0.05, 0) is 33.2 Å². The third-order valence-corrected chi connectivity index (χ3v) is 3.31. The van der Waals surface area contributed by atoms with Gasteiger partial charge in [0.25, 0.3) is 0 Å². The van der Waals surface area contributed by atoms with Crippen molar-refractivity contribution in [2.24, 2.45) is 0 Å². The number of hydrogen-bond donors (Lipinski definition) is 0. The van der Waals surface area contributed by atoms with Crippen molar-refractivity contribution in [3.05, 3.63) is 0 Å². The van der Waals surface area contributed by atoms with E-state index in [0.29, 0.717) is 11.6 Å². The summed E-state index contributed by atoms with van der Waals surface area (Å²) in [4.78, 5) is 2.42. The van der Waals surface area contributed by atoms with Gasteiger partial charge in [-0.25, -0.2) is 0 Å². The van der Waals surface area contributed by atoms with E-state index in [9.17, 15) is 0 Å². The molecule has 0 aromatic rings. The lowest BCUT2D eigenvalue weighted by molar-refractivity contribution is -0.179. The van der Waals surface area contributed by atoms with Gasteiger partial charge in [-0.1, -0.05) is 0 Å². The van der Waals surface area contributed by atoms with Crippen LogP contribution in [0.25, 0.3) is 0 Å². The molecule has 0 saturated carbocycles. The first-order chi connectivity index (χ1) is 5.22. The van der Waals surface area contributed by atoms with Crippen LogP contribution in [-0.2, 0) is 4.74 Å². The van der Waals surface area contributed by atoms with E-state index in [4.69, 9.17) is 4.74 Å².